The average molecular weight is 384 g/mol. The SMILES string of the molecule is COc1ccc(-c2ccc3c(c2)c(=O)[nH]c(=O)n3[C@H]2C[C@H](O)[C@@H](CO)O2)cc1. The van der Waals surface area contributed by atoms with Crippen molar-refractivity contribution in [3.8, 4) is 16.9 Å². The summed E-state index contributed by atoms with van der Waals surface area (Å²) < 4.78 is 12.1. The highest BCUT2D eigenvalue weighted by molar-refractivity contribution is 5.84. The molecule has 0 spiro atoms. The Labute approximate surface area is 159 Å². The Morgan fingerprint density at radius 1 is 1.18 bits per heavy atom. The highest BCUT2D eigenvalue weighted by atomic mass is 16.5. The van der Waals surface area contributed by atoms with Gasteiger partial charge in [-0.1, -0.05) is 18.2 Å². The summed E-state index contributed by atoms with van der Waals surface area (Å²) >= 11 is 0. The Kier molecular flexibility index (Phi) is 4.76. The fraction of sp³-hybridized carbons (Fsp3) is 0.300. The molecule has 8 heteroatoms. The second kappa shape index (κ2) is 7.23. The van der Waals surface area contributed by atoms with Gasteiger partial charge in [0.2, 0.25) is 0 Å². The van der Waals surface area contributed by atoms with Crippen LogP contribution in [0.1, 0.15) is 12.6 Å². The third-order valence-electron chi connectivity index (χ3n) is 5.04. The van der Waals surface area contributed by atoms with Crippen LogP contribution in [0.4, 0.5) is 0 Å². The van der Waals surface area contributed by atoms with Crippen molar-refractivity contribution in [2.75, 3.05) is 13.7 Å². The number of aromatic nitrogens is 2. The van der Waals surface area contributed by atoms with Crippen LogP contribution in [0.25, 0.3) is 22.0 Å². The Bertz CT molecular complexity index is 1120. The van der Waals surface area contributed by atoms with Gasteiger partial charge in [-0.25, -0.2) is 4.79 Å². The first-order valence-electron chi connectivity index (χ1n) is 8.89. The molecule has 1 aliphatic heterocycles. The number of fused-ring (bicyclic) bond motifs is 1. The van der Waals surface area contributed by atoms with Crippen LogP contribution in [0.15, 0.2) is 52.1 Å². The van der Waals surface area contributed by atoms with Crippen LogP contribution in [0.3, 0.4) is 0 Å². The molecule has 1 aliphatic rings. The van der Waals surface area contributed by atoms with E-state index in [1.54, 1.807) is 19.2 Å². The molecule has 0 radical (unpaired) electrons. The first-order valence-corrected chi connectivity index (χ1v) is 8.89. The van der Waals surface area contributed by atoms with Crippen molar-refractivity contribution in [1.82, 2.24) is 9.55 Å². The van der Waals surface area contributed by atoms with Crippen molar-refractivity contribution in [3.05, 3.63) is 63.3 Å². The molecule has 146 valence electrons. The maximum absolute atomic E-state index is 12.4. The summed E-state index contributed by atoms with van der Waals surface area (Å²) in [6.07, 6.45) is -2.28. The van der Waals surface area contributed by atoms with Gasteiger partial charge in [-0.2, -0.15) is 0 Å². The van der Waals surface area contributed by atoms with Gasteiger partial charge in [-0.05, 0) is 35.4 Å². The molecule has 0 amide bonds. The molecule has 1 fully saturated rings. The molecule has 1 aromatic heterocycles. The van der Waals surface area contributed by atoms with E-state index in [4.69, 9.17) is 9.47 Å². The smallest absolute Gasteiger partial charge is 0.330 e. The summed E-state index contributed by atoms with van der Waals surface area (Å²) in [5.41, 5.74) is 0.996. The van der Waals surface area contributed by atoms with E-state index in [1.165, 1.54) is 4.57 Å². The highest BCUT2D eigenvalue weighted by Crippen LogP contribution is 2.30. The molecule has 1 saturated heterocycles. The third-order valence-corrected chi connectivity index (χ3v) is 5.04. The van der Waals surface area contributed by atoms with Crippen LogP contribution in [0, 0.1) is 0 Å². The molecule has 28 heavy (non-hydrogen) atoms. The molecule has 3 N–H and O–H groups in total. The van der Waals surface area contributed by atoms with Crippen molar-refractivity contribution >= 4 is 10.9 Å². The van der Waals surface area contributed by atoms with Crippen molar-refractivity contribution in [1.29, 1.82) is 0 Å². The molecule has 0 unspecified atom stereocenters. The Morgan fingerprint density at radius 2 is 1.89 bits per heavy atom. The van der Waals surface area contributed by atoms with E-state index in [2.05, 4.69) is 4.98 Å². The van der Waals surface area contributed by atoms with Crippen molar-refractivity contribution in [2.45, 2.75) is 24.9 Å². The molecule has 8 nitrogen and oxygen atoms in total. The molecule has 0 aliphatic carbocycles. The molecular weight excluding hydrogens is 364 g/mol. The Hall–Kier alpha value is -2.94. The lowest BCUT2D eigenvalue weighted by Gasteiger charge is -2.17. The average Bonchev–Trinajstić information content (AvgIpc) is 3.08. The van der Waals surface area contributed by atoms with Gasteiger partial charge in [0, 0.05) is 6.42 Å². The Balaban J connectivity index is 1.82. The number of ether oxygens (including phenoxy) is 2. The quantitative estimate of drug-likeness (QED) is 0.619. The zero-order valence-electron chi connectivity index (χ0n) is 15.2. The first-order chi connectivity index (χ1) is 13.5. The number of rotatable bonds is 4. The van der Waals surface area contributed by atoms with Crippen LogP contribution in [0.2, 0.25) is 0 Å². The predicted octanol–water partition coefficient (Wildman–Crippen LogP) is 1.01. The molecule has 0 bridgehead atoms. The lowest BCUT2D eigenvalue weighted by Crippen LogP contribution is -2.33. The molecule has 2 heterocycles. The monoisotopic (exact) mass is 384 g/mol. The second-order valence-corrected chi connectivity index (χ2v) is 6.70. The van der Waals surface area contributed by atoms with Gasteiger partial charge >= 0.3 is 5.69 Å². The van der Waals surface area contributed by atoms with Crippen LogP contribution >= 0.6 is 0 Å². The maximum Gasteiger partial charge on any atom is 0.330 e. The van der Waals surface area contributed by atoms with Gasteiger partial charge < -0.3 is 19.7 Å². The normalized spacial score (nSPS) is 21.9. The fourth-order valence-electron chi connectivity index (χ4n) is 3.55. The summed E-state index contributed by atoms with van der Waals surface area (Å²) in [6.45, 7) is -0.352. The highest BCUT2D eigenvalue weighted by Gasteiger charge is 2.35. The molecule has 2 aromatic carbocycles. The van der Waals surface area contributed by atoms with Crippen molar-refractivity contribution < 1.29 is 19.7 Å². The third kappa shape index (κ3) is 3.11. The van der Waals surface area contributed by atoms with Gasteiger partial charge in [0.05, 0.1) is 30.7 Å². The van der Waals surface area contributed by atoms with E-state index in [1.807, 2.05) is 30.3 Å². The lowest BCUT2D eigenvalue weighted by atomic mass is 10.0. The number of nitrogens with one attached hydrogen (secondary N) is 1. The number of methoxy groups -OCH3 is 1. The van der Waals surface area contributed by atoms with Gasteiger partial charge in [-0.3, -0.25) is 14.3 Å². The number of nitrogens with zero attached hydrogens (tertiary/aromatic N) is 1. The standard InChI is InChI=1S/C20H20N2O6/c1-27-13-5-2-11(3-6-13)12-4-7-15-14(8-12)19(25)21-20(26)22(15)18-9-16(24)17(10-23)28-18/h2-8,16-18,23-24H,9-10H2,1H3,(H,21,25,26)/t16-,17+,18+/m0/s1. The van der Waals surface area contributed by atoms with Crippen LogP contribution in [-0.2, 0) is 4.74 Å². The van der Waals surface area contributed by atoms with E-state index < -0.39 is 29.7 Å². The molecular formula is C20H20N2O6. The zero-order valence-corrected chi connectivity index (χ0v) is 15.2. The fourth-order valence-corrected chi connectivity index (χ4v) is 3.55. The minimum absolute atomic E-state index is 0.145. The zero-order chi connectivity index (χ0) is 19.8. The minimum Gasteiger partial charge on any atom is -0.497 e. The van der Waals surface area contributed by atoms with Crippen molar-refractivity contribution in [2.24, 2.45) is 0 Å². The molecule has 0 saturated carbocycles. The first kappa shape index (κ1) is 18.4. The number of aromatic amines is 1. The van der Waals surface area contributed by atoms with E-state index in [0.29, 0.717) is 10.9 Å². The summed E-state index contributed by atoms with van der Waals surface area (Å²) in [5.74, 6) is 0.728. The number of hydrogen-bond donors (Lipinski definition) is 3. The lowest BCUT2D eigenvalue weighted by molar-refractivity contribution is -0.0443. The topological polar surface area (TPSA) is 114 Å². The van der Waals surface area contributed by atoms with Gasteiger partial charge in [0.25, 0.3) is 5.56 Å². The van der Waals surface area contributed by atoms with E-state index >= 15 is 0 Å². The predicted molar refractivity (Wildman–Crippen MR) is 102 cm³/mol. The number of aliphatic hydroxyl groups excluding tert-OH is 2. The van der Waals surface area contributed by atoms with Gasteiger partial charge in [0.1, 0.15) is 18.1 Å². The molecule has 3 aromatic rings. The summed E-state index contributed by atoms with van der Waals surface area (Å²) in [7, 11) is 1.59. The summed E-state index contributed by atoms with van der Waals surface area (Å²) in [5, 5.41) is 19.6. The van der Waals surface area contributed by atoms with Gasteiger partial charge in [-0.15, -0.1) is 0 Å². The second-order valence-electron chi connectivity index (χ2n) is 6.70. The number of H-pyrrole nitrogens is 1. The molecule has 4 rings (SSSR count). The number of aliphatic hydroxyl groups is 2. The summed E-state index contributed by atoms with van der Waals surface area (Å²) in [6, 6.07) is 12.6. The largest absolute Gasteiger partial charge is 0.497 e. The van der Waals surface area contributed by atoms with Crippen LogP contribution in [0.5, 0.6) is 5.75 Å². The van der Waals surface area contributed by atoms with Crippen LogP contribution in [-0.4, -0.2) is 45.7 Å². The van der Waals surface area contributed by atoms with E-state index in [0.717, 1.165) is 16.9 Å². The Morgan fingerprint density at radius 3 is 2.54 bits per heavy atom. The van der Waals surface area contributed by atoms with Crippen LogP contribution < -0.4 is 16.0 Å². The maximum atomic E-state index is 12.4. The van der Waals surface area contributed by atoms with Gasteiger partial charge in [0.15, 0.2) is 0 Å². The number of hydrogen-bond acceptors (Lipinski definition) is 6. The van der Waals surface area contributed by atoms with E-state index in [9.17, 15) is 19.8 Å². The summed E-state index contributed by atoms with van der Waals surface area (Å²) in [4.78, 5) is 27.2. The number of benzene rings is 2. The van der Waals surface area contributed by atoms with E-state index in [-0.39, 0.29) is 13.0 Å². The minimum atomic E-state index is -0.887. The van der Waals surface area contributed by atoms with Crippen molar-refractivity contribution in [3.63, 3.8) is 0 Å². The molecule has 3 atom stereocenters.